The lowest BCUT2D eigenvalue weighted by atomic mass is 9.70. The van der Waals surface area contributed by atoms with Crippen molar-refractivity contribution in [2.24, 2.45) is 11.3 Å². The topological polar surface area (TPSA) is 60.9 Å². The molecule has 0 N–H and O–H groups in total. The van der Waals surface area contributed by atoms with E-state index in [0.29, 0.717) is 10.4 Å². The predicted octanol–water partition coefficient (Wildman–Crippen LogP) is 5.34. The Labute approximate surface area is 178 Å². The average Bonchev–Trinajstić information content (AvgIpc) is 3.41. The van der Waals surface area contributed by atoms with Gasteiger partial charge in [0, 0.05) is 11.1 Å². The highest BCUT2D eigenvalue weighted by Gasteiger charge is 2.33. The van der Waals surface area contributed by atoms with E-state index in [4.69, 9.17) is 21.6 Å². The molecule has 5 rings (SSSR count). The van der Waals surface area contributed by atoms with Gasteiger partial charge in [-0.1, -0.05) is 38.8 Å². The van der Waals surface area contributed by atoms with Crippen molar-refractivity contribution >= 4 is 38.8 Å². The molecule has 2 atom stereocenters. The van der Waals surface area contributed by atoms with E-state index in [-0.39, 0.29) is 6.04 Å². The summed E-state index contributed by atoms with van der Waals surface area (Å²) in [7, 11) is 0. The first-order valence-corrected chi connectivity index (χ1v) is 11.4. The van der Waals surface area contributed by atoms with E-state index in [0.717, 1.165) is 35.1 Å². The van der Waals surface area contributed by atoms with Gasteiger partial charge in [0.1, 0.15) is 17.2 Å². The van der Waals surface area contributed by atoms with E-state index < -0.39 is 0 Å². The number of halogens is 1. The lowest BCUT2D eigenvalue weighted by Gasteiger charge is -2.36. The summed E-state index contributed by atoms with van der Waals surface area (Å²) in [6, 6.07) is -0.0957. The summed E-state index contributed by atoms with van der Waals surface area (Å²) in [5.74, 6) is 1.45. The van der Waals surface area contributed by atoms with Gasteiger partial charge >= 0.3 is 0 Å². The van der Waals surface area contributed by atoms with E-state index in [9.17, 15) is 0 Å². The van der Waals surface area contributed by atoms with Crippen molar-refractivity contribution in [3.8, 4) is 0 Å². The second-order valence-electron chi connectivity index (χ2n) is 8.76. The first-order valence-electron chi connectivity index (χ1n) is 10.2. The molecule has 1 aliphatic carbocycles. The molecule has 6 nitrogen and oxygen atoms in total. The van der Waals surface area contributed by atoms with E-state index in [2.05, 4.69) is 31.0 Å². The standard InChI is InChI=1S/C21H25ClN6S/c1-5-21(3,4)13-6-7-15-16(8-13)29-20-17(15)19-25-18(26-28(19)11-23-20)12(2)27-10-14(22)9-24-27/h9-13H,5-8H2,1-4H3. The van der Waals surface area contributed by atoms with Gasteiger partial charge in [-0.3, -0.25) is 4.68 Å². The Hall–Kier alpha value is -1.99. The summed E-state index contributed by atoms with van der Waals surface area (Å²) in [4.78, 5) is 12.2. The minimum atomic E-state index is -0.0957. The van der Waals surface area contributed by atoms with Gasteiger partial charge in [0.15, 0.2) is 11.5 Å². The molecule has 4 heterocycles. The van der Waals surface area contributed by atoms with Gasteiger partial charge in [-0.2, -0.15) is 5.10 Å². The quantitative estimate of drug-likeness (QED) is 0.440. The maximum Gasteiger partial charge on any atom is 0.176 e. The van der Waals surface area contributed by atoms with Crippen LogP contribution in [0.4, 0.5) is 0 Å². The van der Waals surface area contributed by atoms with Crippen LogP contribution in [-0.4, -0.2) is 29.4 Å². The van der Waals surface area contributed by atoms with E-state index >= 15 is 0 Å². The van der Waals surface area contributed by atoms with E-state index in [1.54, 1.807) is 23.4 Å². The molecule has 0 aliphatic heterocycles. The lowest BCUT2D eigenvalue weighted by Crippen LogP contribution is -2.28. The third-order valence-corrected chi connectivity index (χ3v) is 8.12. The molecule has 4 aromatic rings. The third kappa shape index (κ3) is 3.06. The SMILES string of the molecule is CCC(C)(C)C1CCc2c(sc3ncn4nc(C(C)n5cc(Cl)cn5)nc4c23)C1. The molecule has 0 spiro atoms. The van der Waals surface area contributed by atoms with Gasteiger partial charge in [0.25, 0.3) is 0 Å². The Morgan fingerprint density at radius 2 is 2.21 bits per heavy atom. The van der Waals surface area contributed by atoms with Crippen LogP contribution in [0.15, 0.2) is 18.7 Å². The molecule has 1 aliphatic rings. The number of nitrogens with zero attached hydrogens (tertiary/aromatic N) is 6. The van der Waals surface area contributed by atoms with Crippen LogP contribution < -0.4 is 0 Å². The number of fused-ring (bicyclic) bond motifs is 5. The first kappa shape index (κ1) is 19.0. The van der Waals surface area contributed by atoms with Crippen molar-refractivity contribution in [3.05, 3.63) is 40.0 Å². The molecule has 4 aromatic heterocycles. The highest BCUT2D eigenvalue weighted by molar-refractivity contribution is 7.19. The molecule has 0 saturated carbocycles. The Balaban J connectivity index is 1.58. The Morgan fingerprint density at radius 3 is 2.93 bits per heavy atom. The lowest BCUT2D eigenvalue weighted by molar-refractivity contribution is 0.184. The summed E-state index contributed by atoms with van der Waals surface area (Å²) in [5, 5.41) is 10.8. The van der Waals surface area contributed by atoms with Gasteiger partial charge in [0.2, 0.25) is 0 Å². The summed E-state index contributed by atoms with van der Waals surface area (Å²) >= 11 is 7.86. The van der Waals surface area contributed by atoms with Gasteiger partial charge in [-0.05, 0) is 43.1 Å². The predicted molar refractivity (Wildman–Crippen MR) is 117 cm³/mol. The zero-order chi connectivity index (χ0) is 20.3. The van der Waals surface area contributed by atoms with Crippen LogP contribution >= 0.6 is 22.9 Å². The highest BCUT2D eigenvalue weighted by atomic mass is 35.5. The Kier molecular flexibility index (Phi) is 4.44. The smallest absolute Gasteiger partial charge is 0.176 e. The van der Waals surface area contributed by atoms with Gasteiger partial charge in [0.05, 0.1) is 16.6 Å². The fourth-order valence-corrected chi connectivity index (χ4v) is 5.77. The zero-order valence-electron chi connectivity index (χ0n) is 17.2. The maximum absolute atomic E-state index is 6.03. The number of rotatable bonds is 4. The first-order chi connectivity index (χ1) is 13.9. The molecule has 0 fully saturated rings. The highest BCUT2D eigenvalue weighted by Crippen LogP contribution is 2.44. The Bertz CT molecular complexity index is 1200. The molecular formula is C21H25ClN6S. The van der Waals surface area contributed by atoms with Crippen LogP contribution in [0, 0.1) is 11.3 Å². The average molecular weight is 429 g/mol. The molecule has 8 heteroatoms. The monoisotopic (exact) mass is 428 g/mol. The fraction of sp³-hybridized carbons (Fsp3) is 0.524. The number of aromatic nitrogens is 6. The molecular weight excluding hydrogens is 404 g/mol. The Morgan fingerprint density at radius 1 is 1.38 bits per heavy atom. The van der Waals surface area contributed by atoms with Crippen molar-refractivity contribution in [1.29, 1.82) is 0 Å². The normalized spacial score (nSPS) is 18.4. The molecule has 0 bridgehead atoms. The molecule has 152 valence electrons. The van der Waals surface area contributed by atoms with Crippen molar-refractivity contribution < 1.29 is 0 Å². The summed E-state index contributed by atoms with van der Waals surface area (Å²) in [5.41, 5.74) is 2.71. The van der Waals surface area contributed by atoms with Crippen molar-refractivity contribution in [3.63, 3.8) is 0 Å². The van der Waals surface area contributed by atoms with Crippen LogP contribution in [0.3, 0.4) is 0 Å². The fourth-order valence-electron chi connectivity index (χ4n) is 4.37. The summed E-state index contributed by atoms with van der Waals surface area (Å²) < 4.78 is 3.61. The van der Waals surface area contributed by atoms with Crippen LogP contribution in [-0.2, 0) is 12.8 Å². The minimum Gasteiger partial charge on any atom is -0.261 e. The van der Waals surface area contributed by atoms with Crippen molar-refractivity contribution in [1.82, 2.24) is 29.4 Å². The number of aryl methyl sites for hydroxylation is 1. The molecule has 2 unspecified atom stereocenters. The largest absolute Gasteiger partial charge is 0.261 e. The third-order valence-electron chi connectivity index (χ3n) is 6.76. The van der Waals surface area contributed by atoms with Crippen LogP contribution in [0.1, 0.15) is 62.8 Å². The molecule has 29 heavy (non-hydrogen) atoms. The van der Waals surface area contributed by atoms with Crippen LogP contribution in [0.5, 0.6) is 0 Å². The minimum absolute atomic E-state index is 0.0957. The molecule has 0 radical (unpaired) electrons. The summed E-state index contributed by atoms with van der Waals surface area (Å²) in [6.07, 6.45) is 9.90. The molecule has 0 aromatic carbocycles. The molecule has 0 saturated heterocycles. The maximum atomic E-state index is 6.03. The van der Waals surface area contributed by atoms with Gasteiger partial charge in [-0.25, -0.2) is 14.5 Å². The summed E-state index contributed by atoms with van der Waals surface area (Å²) in [6.45, 7) is 9.14. The number of hydrogen-bond acceptors (Lipinski definition) is 5. The second-order valence-corrected chi connectivity index (χ2v) is 10.3. The van der Waals surface area contributed by atoms with Crippen molar-refractivity contribution in [2.45, 2.75) is 59.4 Å². The van der Waals surface area contributed by atoms with E-state index in [1.807, 2.05) is 22.8 Å². The van der Waals surface area contributed by atoms with Gasteiger partial charge in [-0.15, -0.1) is 16.4 Å². The number of hydrogen-bond donors (Lipinski definition) is 0. The van der Waals surface area contributed by atoms with Crippen LogP contribution in [0.25, 0.3) is 15.9 Å². The second kappa shape index (κ2) is 6.77. The zero-order valence-corrected chi connectivity index (χ0v) is 18.8. The van der Waals surface area contributed by atoms with Crippen LogP contribution in [0.2, 0.25) is 5.02 Å². The van der Waals surface area contributed by atoms with Gasteiger partial charge < -0.3 is 0 Å². The number of thiophene rings is 1. The van der Waals surface area contributed by atoms with Crippen molar-refractivity contribution in [2.75, 3.05) is 0 Å². The van der Waals surface area contributed by atoms with E-state index in [1.165, 1.54) is 28.7 Å². The molecule has 0 amide bonds.